The highest BCUT2D eigenvalue weighted by atomic mass is 32.2. The van der Waals surface area contributed by atoms with Gasteiger partial charge < -0.3 is 4.55 Å². The maximum Gasteiger partial charge on any atom is 0.211 e. The van der Waals surface area contributed by atoms with Gasteiger partial charge in [-0.25, -0.2) is 0 Å². The summed E-state index contributed by atoms with van der Waals surface area (Å²) in [5.74, 6) is -0.300. The van der Waals surface area contributed by atoms with Gasteiger partial charge in [-0.2, -0.15) is 0 Å². The summed E-state index contributed by atoms with van der Waals surface area (Å²) in [6.45, 7) is 5.92. The first-order valence-electron chi connectivity index (χ1n) is 6.24. The number of benzene rings is 1. The maximum absolute atomic E-state index is 12.7. The zero-order chi connectivity index (χ0) is 14.2. The van der Waals surface area contributed by atoms with E-state index in [4.69, 9.17) is 5.41 Å². The summed E-state index contributed by atoms with van der Waals surface area (Å²) < 4.78 is 12.3. The Morgan fingerprint density at radius 3 is 2.63 bits per heavy atom. The van der Waals surface area contributed by atoms with Crippen molar-refractivity contribution in [3.05, 3.63) is 35.4 Å². The fourth-order valence-corrected chi connectivity index (χ4v) is 3.33. The van der Waals surface area contributed by atoms with Crippen LogP contribution in [0.3, 0.4) is 0 Å². The monoisotopic (exact) mass is 275 g/mol. The Morgan fingerprint density at radius 2 is 2.00 bits per heavy atom. The van der Waals surface area contributed by atoms with E-state index < -0.39 is 11.2 Å². The highest BCUT2D eigenvalue weighted by molar-refractivity contribution is 7.92. The van der Waals surface area contributed by atoms with Gasteiger partial charge in [0.05, 0.1) is 0 Å². The Balaban J connectivity index is 2.55. The van der Waals surface area contributed by atoms with Crippen molar-refractivity contribution in [1.29, 1.82) is 5.41 Å². The number of hydrogen-bond acceptors (Lipinski definition) is 3. The molecule has 1 aromatic rings. The Labute approximate surface area is 116 Å². The lowest BCUT2D eigenvalue weighted by Crippen LogP contribution is -2.32. The van der Waals surface area contributed by atoms with E-state index in [1.54, 1.807) is 24.3 Å². The van der Waals surface area contributed by atoms with Gasteiger partial charge in [0, 0.05) is 11.1 Å². The van der Waals surface area contributed by atoms with Crippen LogP contribution in [0.2, 0.25) is 0 Å². The van der Waals surface area contributed by atoms with Crippen molar-refractivity contribution in [2.24, 2.45) is 0 Å². The molecule has 2 rings (SSSR count). The topological polar surface area (TPSA) is 64.0 Å². The van der Waals surface area contributed by atoms with Gasteiger partial charge in [-0.05, 0) is 55.7 Å². The molecular formula is C15H17NO2S. The predicted octanol–water partition coefficient (Wildman–Crippen LogP) is 3.21. The minimum atomic E-state index is -1.18. The zero-order valence-electron chi connectivity index (χ0n) is 11.3. The second-order valence-corrected chi connectivity index (χ2v) is 7.26. The van der Waals surface area contributed by atoms with Crippen LogP contribution in [0, 0.1) is 5.41 Å². The van der Waals surface area contributed by atoms with E-state index in [0.29, 0.717) is 16.0 Å². The standard InChI is InChI=1S/C15H17NO2S/c1-4-15(2,3)19(18)13-7-5-6-11-10(13)8-9-12(16)14(11)17/h5-9,16H,4H2,1-3H3. The van der Waals surface area contributed by atoms with E-state index in [2.05, 4.69) is 0 Å². The summed E-state index contributed by atoms with van der Waals surface area (Å²) >= 11 is -1.18. The molecule has 1 aliphatic carbocycles. The van der Waals surface area contributed by atoms with Gasteiger partial charge in [-0.3, -0.25) is 10.2 Å². The normalized spacial score (nSPS) is 16.4. The Morgan fingerprint density at radius 1 is 1.32 bits per heavy atom. The van der Waals surface area contributed by atoms with E-state index in [9.17, 15) is 9.35 Å². The number of fused-ring (bicyclic) bond motifs is 1. The third kappa shape index (κ3) is 2.38. The van der Waals surface area contributed by atoms with E-state index in [1.165, 1.54) is 6.08 Å². The van der Waals surface area contributed by atoms with Crippen LogP contribution in [0.15, 0.2) is 29.2 Å². The van der Waals surface area contributed by atoms with Crippen LogP contribution in [0.25, 0.3) is 6.08 Å². The molecule has 1 aromatic carbocycles. The van der Waals surface area contributed by atoms with E-state index in [0.717, 1.165) is 6.42 Å². The quantitative estimate of drug-likeness (QED) is 0.861. The van der Waals surface area contributed by atoms with Gasteiger partial charge in [-0.15, -0.1) is 0 Å². The van der Waals surface area contributed by atoms with E-state index in [1.807, 2.05) is 20.8 Å². The number of ketones is 1. The summed E-state index contributed by atoms with van der Waals surface area (Å²) in [7, 11) is 0. The molecule has 1 aliphatic rings. The van der Waals surface area contributed by atoms with Crippen LogP contribution in [0.1, 0.15) is 43.1 Å². The molecule has 0 fully saturated rings. The third-order valence-electron chi connectivity index (χ3n) is 3.53. The molecule has 1 N–H and O–H groups in total. The molecule has 100 valence electrons. The average Bonchev–Trinajstić information content (AvgIpc) is 2.41. The highest BCUT2D eigenvalue weighted by Crippen LogP contribution is 2.33. The summed E-state index contributed by atoms with van der Waals surface area (Å²) in [5, 5.41) is 7.55. The molecule has 4 heteroatoms. The molecule has 19 heavy (non-hydrogen) atoms. The number of rotatable bonds is 3. The van der Waals surface area contributed by atoms with Crippen molar-refractivity contribution in [2.45, 2.75) is 36.8 Å². The molecule has 1 atom stereocenters. The van der Waals surface area contributed by atoms with Gasteiger partial charge in [0.2, 0.25) is 5.78 Å². The summed E-state index contributed by atoms with van der Waals surface area (Å²) in [4.78, 5) is 12.6. The van der Waals surface area contributed by atoms with Crippen molar-refractivity contribution in [1.82, 2.24) is 0 Å². The zero-order valence-corrected chi connectivity index (χ0v) is 12.1. The molecule has 0 aliphatic heterocycles. The Hall–Kier alpha value is -1.39. The number of nitrogens with one attached hydrogen (secondary N) is 1. The Bertz CT molecular complexity index is 576. The van der Waals surface area contributed by atoms with E-state index in [-0.39, 0.29) is 16.2 Å². The lowest BCUT2D eigenvalue weighted by molar-refractivity contribution is 0.106. The van der Waals surface area contributed by atoms with Crippen molar-refractivity contribution in [3.63, 3.8) is 0 Å². The first-order valence-corrected chi connectivity index (χ1v) is 7.39. The van der Waals surface area contributed by atoms with Gasteiger partial charge in [-0.1, -0.05) is 13.0 Å². The summed E-state index contributed by atoms with van der Waals surface area (Å²) in [6, 6.07) is 5.23. The van der Waals surface area contributed by atoms with Crippen LogP contribution in [-0.4, -0.2) is 20.8 Å². The fraction of sp³-hybridized carbons (Fsp3) is 0.333. The highest BCUT2D eigenvalue weighted by Gasteiger charge is 2.35. The van der Waals surface area contributed by atoms with Crippen molar-refractivity contribution < 1.29 is 9.35 Å². The summed E-state index contributed by atoms with van der Waals surface area (Å²) in [5.41, 5.74) is 1.15. The molecule has 0 amide bonds. The molecule has 0 spiro atoms. The summed E-state index contributed by atoms with van der Waals surface area (Å²) in [6.07, 6.45) is 3.99. The van der Waals surface area contributed by atoms with Crippen LogP contribution in [0.5, 0.6) is 0 Å². The smallest absolute Gasteiger partial charge is 0.211 e. The number of hydrogen-bond donors (Lipinski definition) is 1. The lowest BCUT2D eigenvalue weighted by Gasteiger charge is -2.28. The van der Waals surface area contributed by atoms with Crippen LogP contribution in [0.4, 0.5) is 0 Å². The second kappa shape index (κ2) is 4.94. The minimum Gasteiger partial charge on any atom is -0.611 e. The van der Waals surface area contributed by atoms with Crippen LogP contribution >= 0.6 is 0 Å². The minimum absolute atomic E-state index is 0.0230. The number of allylic oxidation sites excluding steroid dienone is 1. The van der Waals surface area contributed by atoms with Crippen molar-refractivity contribution in [3.8, 4) is 0 Å². The molecule has 0 bridgehead atoms. The van der Waals surface area contributed by atoms with Crippen LogP contribution in [-0.2, 0) is 11.2 Å². The molecule has 0 saturated carbocycles. The van der Waals surface area contributed by atoms with Crippen molar-refractivity contribution >= 4 is 28.7 Å². The largest absolute Gasteiger partial charge is 0.611 e. The molecule has 1 unspecified atom stereocenters. The second-order valence-electron chi connectivity index (χ2n) is 5.18. The first kappa shape index (κ1) is 14.0. The SMILES string of the molecule is CCC(C)(C)[S+]([O-])c1cccc2c1C=CC(=N)C2=O. The third-order valence-corrected chi connectivity index (χ3v) is 5.57. The van der Waals surface area contributed by atoms with Gasteiger partial charge in [0.25, 0.3) is 0 Å². The molecule has 0 saturated heterocycles. The molecule has 0 radical (unpaired) electrons. The van der Waals surface area contributed by atoms with E-state index >= 15 is 0 Å². The molecule has 0 aromatic heterocycles. The van der Waals surface area contributed by atoms with Gasteiger partial charge in [0.15, 0.2) is 4.90 Å². The number of Topliss-reactive ketones (excluding diaryl/α,β-unsaturated/α-hetero) is 1. The Kier molecular flexibility index (Phi) is 3.65. The molecule has 3 nitrogen and oxygen atoms in total. The molecule has 0 heterocycles. The number of carbonyl (C=O) groups is 1. The first-order chi connectivity index (χ1) is 8.88. The van der Waals surface area contributed by atoms with Crippen LogP contribution < -0.4 is 0 Å². The molecular weight excluding hydrogens is 258 g/mol. The van der Waals surface area contributed by atoms with Gasteiger partial charge >= 0.3 is 0 Å². The maximum atomic E-state index is 12.7. The lowest BCUT2D eigenvalue weighted by atomic mass is 9.95. The average molecular weight is 275 g/mol. The fourth-order valence-electron chi connectivity index (χ4n) is 1.89. The number of carbonyl (C=O) groups excluding carboxylic acids is 1. The van der Waals surface area contributed by atoms with Crippen molar-refractivity contribution in [2.75, 3.05) is 0 Å². The van der Waals surface area contributed by atoms with Gasteiger partial charge in [0.1, 0.15) is 10.5 Å². The predicted molar refractivity (Wildman–Crippen MR) is 78.3 cm³/mol.